The summed E-state index contributed by atoms with van der Waals surface area (Å²) < 4.78 is 0. The summed E-state index contributed by atoms with van der Waals surface area (Å²) in [5.74, 6) is -0.283. The van der Waals surface area contributed by atoms with Crippen LogP contribution in [0.2, 0.25) is 0 Å². The SMILES string of the molecule is CCC1CCC(C)N(C(=O)[C@@H]2CC[C@H](C(=O)O)C2)C1. The van der Waals surface area contributed by atoms with Crippen LogP contribution in [0, 0.1) is 17.8 Å². The van der Waals surface area contributed by atoms with Crippen molar-refractivity contribution in [1.29, 1.82) is 0 Å². The largest absolute Gasteiger partial charge is 0.481 e. The van der Waals surface area contributed by atoms with Crippen LogP contribution in [0.15, 0.2) is 0 Å². The molecule has 4 heteroatoms. The van der Waals surface area contributed by atoms with Gasteiger partial charge in [0.2, 0.25) is 5.91 Å². The van der Waals surface area contributed by atoms with E-state index in [0.29, 0.717) is 24.8 Å². The van der Waals surface area contributed by atoms with Crippen LogP contribution >= 0.6 is 0 Å². The van der Waals surface area contributed by atoms with Crippen molar-refractivity contribution >= 4 is 11.9 Å². The number of carbonyl (C=O) groups is 2. The minimum atomic E-state index is -0.742. The quantitative estimate of drug-likeness (QED) is 0.854. The van der Waals surface area contributed by atoms with Gasteiger partial charge >= 0.3 is 5.97 Å². The molecule has 1 aliphatic carbocycles. The van der Waals surface area contributed by atoms with Crippen molar-refractivity contribution in [2.45, 2.75) is 58.4 Å². The van der Waals surface area contributed by atoms with E-state index < -0.39 is 5.97 Å². The molecule has 0 spiro atoms. The van der Waals surface area contributed by atoms with E-state index in [4.69, 9.17) is 5.11 Å². The molecule has 0 radical (unpaired) electrons. The van der Waals surface area contributed by atoms with Gasteiger partial charge in [0.1, 0.15) is 0 Å². The number of rotatable bonds is 3. The maximum Gasteiger partial charge on any atom is 0.306 e. The molecule has 1 N–H and O–H groups in total. The van der Waals surface area contributed by atoms with Gasteiger partial charge < -0.3 is 10.0 Å². The van der Waals surface area contributed by atoms with Gasteiger partial charge in [0.05, 0.1) is 5.92 Å². The Bertz CT molecular complexity index is 355. The third-order valence-corrected chi connectivity index (χ3v) is 4.97. The Morgan fingerprint density at radius 2 is 1.84 bits per heavy atom. The predicted octanol–water partition coefficient (Wildman–Crippen LogP) is 2.52. The molecule has 4 atom stereocenters. The van der Waals surface area contributed by atoms with Gasteiger partial charge in [0, 0.05) is 18.5 Å². The number of likely N-dealkylation sites (tertiary alicyclic amines) is 1. The smallest absolute Gasteiger partial charge is 0.306 e. The molecule has 1 amide bonds. The number of carbonyl (C=O) groups excluding carboxylic acids is 1. The van der Waals surface area contributed by atoms with Gasteiger partial charge in [-0.15, -0.1) is 0 Å². The highest BCUT2D eigenvalue weighted by Crippen LogP contribution is 2.34. The van der Waals surface area contributed by atoms with E-state index in [-0.39, 0.29) is 17.7 Å². The maximum atomic E-state index is 12.6. The molecule has 2 aliphatic rings. The van der Waals surface area contributed by atoms with Gasteiger partial charge in [0.15, 0.2) is 0 Å². The zero-order valence-corrected chi connectivity index (χ0v) is 12.0. The second kappa shape index (κ2) is 5.93. The topological polar surface area (TPSA) is 57.6 Å². The van der Waals surface area contributed by atoms with Crippen molar-refractivity contribution in [2.75, 3.05) is 6.54 Å². The number of carboxylic acid groups (broad SMARTS) is 1. The van der Waals surface area contributed by atoms with Crippen LogP contribution in [-0.4, -0.2) is 34.5 Å². The molecule has 4 nitrogen and oxygen atoms in total. The number of amides is 1. The molecule has 0 aromatic carbocycles. The van der Waals surface area contributed by atoms with Gasteiger partial charge in [-0.25, -0.2) is 0 Å². The predicted molar refractivity (Wildman–Crippen MR) is 72.7 cm³/mol. The van der Waals surface area contributed by atoms with Crippen molar-refractivity contribution in [3.05, 3.63) is 0 Å². The standard InChI is InChI=1S/C15H25NO3/c1-3-11-5-4-10(2)16(9-11)14(17)12-6-7-13(8-12)15(18)19/h10-13H,3-9H2,1-2H3,(H,18,19)/t10?,11?,12-,13+/m1/s1. The zero-order chi connectivity index (χ0) is 14.0. The van der Waals surface area contributed by atoms with Gasteiger partial charge in [-0.05, 0) is 44.9 Å². The van der Waals surface area contributed by atoms with Crippen LogP contribution < -0.4 is 0 Å². The average molecular weight is 267 g/mol. The normalized spacial score (nSPS) is 35.4. The van der Waals surface area contributed by atoms with E-state index >= 15 is 0 Å². The fourth-order valence-electron chi connectivity index (χ4n) is 3.49. The second-order valence-electron chi connectivity index (χ2n) is 6.24. The van der Waals surface area contributed by atoms with Gasteiger partial charge in [0.25, 0.3) is 0 Å². The number of hydrogen-bond acceptors (Lipinski definition) is 2. The lowest BCUT2D eigenvalue weighted by molar-refractivity contribution is -0.142. The van der Waals surface area contributed by atoms with E-state index in [0.717, 1.165) is 25.8 Å². The number of nitrogens with zero attached hydrogens (tertiary/aromatic N) is 1. The Balaban J connectivity index is 1.97. The molecule has 2 rings (SSSR count). The third kappa shape index (κ3) is 3.10. The summed E-state index contributed by atoms with van der Waals surface area (Å²) in [6.07, 6.45) is 5.36. The molecule has 19 heavy (non-hydrogen) atoms. The van der Waals surface area contributed by atoms with Crippen LogP contribution in [-0.2, 0) is 9.59 Å². The first-order chi connectivity index (χ1) is 9.02. The van der Waals surface area contributed by atoms with Crippen LogP contribution in [0.4, 0.5) is 0 Å². The molecule has 1 heterocycles. The van der Waals surface area contributed by atoms with E-state index in [1.807, 2.05) is 4.90 Å². The summed E-state index contributed by atoms with van der Waals surface area (Å²) >= 11 is 0. The summed E-state index contributed by atoms with van der Waals surface area (Å²) in [4.78, 5) is 25.6. The Kier molecular flexibility index (Phi) is 4.48. The minimum absolute atomic E-state index is 0.0563. The van der Waals surface area contributed by atoms with E-state index in [1.54, 1.807) is 0 Å². The lowest BCUT2D eigenvalue weighted by atomic mass is 9.90. The molecule has 0 bridgehead atoms. The summed E-state index contributed by atoms with van der Waals surface area (Å²) in [5.41, 5.74) is 0. The Morgan fingerprint density at radius 1 is 1.16 bits per heavy atom. The van der Waals surface area contributed by atoms with Gasteiger partial charge in [-0.2, -0.15) is 0 Å². The molecule has 2 fully saturated rings. The Hall–Kier alpha value is -1.06. The molecule has 1 saturated carbocycles. The number of piperidine rings is 1. The summed E-state index contributed by atoms with van der Waals surface area (Å²) in [6, 6.07) is 0.319. The molecule has 2 unspecified atom stereocenters. The van der Waals surface area contributed by atoms with E-state index in [1.165, 1.54) is 6.42 Å². The minimum Gasteiger partial charge on any atom is -0.481 e. The molecular formula is C15H25NO3. The summed E-state index contributed by atoms with van der Waals surface area (Å²) in [7, 11) is 0. The maximum absolute atomic E-state index is 12.6. The molecule has 0 aromatic rings. The van der Waals surface area contributed by atoms with Gasteiger partial charge in [-0.3, -0.25) is 9.59 Å². The number of carboxylic acids is 1. The van der Waals surface area contributed by atoms with Crippen LogP contribution in [0.25, 0.3) is 0 Å². The molecule has 1 saturated heterocycles. The number of aliphatic carboxylic acids is 1. The van der Waals surface area contributed by atoms with Crippen molar-refractivity contribution in [2.24, 2.45) is 17.8 Å². The Labute approximate surface area is 115 Å². The lowest BCUT2D eigenvalue weighted by Crippen LogP contribution is -2.47. The summed E-state index contributed by atoms with van der Waals surface area (Å²) in [6.45, 7) is 5.16. The fraction of sp³-hybridized carbons (Fsp3) is 0.867. The van der Waals surface area contributed by atoms with Crippen LogP contribution in [0.3, 0.4) is 0 Å². The first kappa shape index (κ1) is 14.4. The van der Waals surface area contributed by atoms with Crippen molar-refractivity contribution in [3.8, 4) is 0 Å². The first-order valence-electron chi connectivity index (χ1n) is 7.56. The highest BCUT2D eigenvalue weighted by atomic mass is 16.4. The molecular weight excluding hydrogens is 242 g/mol. The van der Waals surface area contributed by atoms with Crippen LogP contribution in [0.5, 0.6) is 0 Å². The average Bonchev–Trinajstić information content (AvgIpc) is 2.88. The number of hydrogen-bond donors (Lipinski definition) is 1. The van der Waals surface area contributed by atoms with Gasteiger partial charge in [-0.1, -0.05) is 13.3 Å². The second-order valence-corrected chi connectivity index (χ2v) is 6.24. The molecule has 108 valence electrons. The fourth-order valence-corrected chi connectivity index (χ4v) is 3.49. The van der Waals surface area contributed by atoms with E-state index in [2.05, 4.69) is 13.8 Å². The zero-order valence-electron chi connectivity index (χ0n) is 12.0. The van der Waals surface area contributed by atoms with E-state index in [9.17, 15) is 9.59 Å². The Morgan fingerprint density at radius 3 is 2.42 bits per heavy atom. The summed E-state index contributed by atoms with van der Waals surface area (Å²) in [5, 5.41) is 9.03. The van der Waals surface area contributed by atoms with Crippen molar-refractivity contribution in [3.63, 3.8) is 0 Å². The van der Waals surface area contributed by atoms with Crippen LogP contribution in [0.1, 0.15) is 52.4 Å². The molecule has 1 aliphatic heterocycles. The monoisotopic (exact) mass is 267 g/mol. The van der Waals surface area contributed by atoms with Crippen molar-refractivity contribution < 1.29 is 14.7 Å². The highest BCUT2D eigenvalue weighted by Gasteiger charge is 2.38. The van der Waals surface area contributed by atoms with Crippen molar-refractivity contribution in [1.82, 2.24) is 4.90 Å². The lowest BCUT2D eigenvalue weighted by Gasteiger charge is -2.39. The molecule has 0 aromatic heterocycles. The third-order valence-electron chi connectivity index (χ3n) is 4.97. The highest BCUT2D eigenvalue weighted by molar-refractivity contribution is 5.81. The first-order valence-corrected chi connectivity index (χ1v) is 7.56.